The molecule has 0 spiro atoms. The Bertz CT molecular complexity index is 38.7. The van der Waals surface area contributed by atoms with Crippen LogP contribution in [0.4, 0.5) is 0 Å². The minimum absolute atomic E-state index is 0. The summed E-state index contributed by atoms with van der Waals surface area (Å²) in [7, 11) is -4.61. The maximum absolute atomic E-state index is 7.33. The molecule has 10 heteroatoms. The first-order valence-electron chi connectivity index (χ1n) is 0.894. The molecule has 0 atom stereocenters. The monoisotopic (exact) mass is 744 g/mol. The van der Waals surface area contributed by atoms with Crippen LogP contribution in [0.15, 0.2) is 0 Å². The van der Waals surface area contributed by atoms with Crippen LogP contribution in [0, 0.1) is 0 Å². The van der Waals surface area contributed by atoms with Gasteiger partial charge in [0.15, 0.2) is 0 Å². The van der Waals surface area contributed by atoms with E-state index in [0.29, 0.717) is 0 Å². The fourth-order valence-corrected chi connectivity index (χ4v) is 0. The maximum atomic E-state index is 7.33. The van der Waals surface area contributed by atoms with Crippen molar-refractivity contribution in [3.8, 4) is 0 Å². The molecule has 0 aromatic carbocycles. The molecule has 0 amide bonds. The molecule has 0 heterocycles. The zero-order valence-electron chi connectivity index (χ0n) is 4.41. The molecular weight excluding hydrogens is 732 g/mol. The summed E-state index contributed by atoms with van der Waals surface area (Å²) in [6.45, 7) is 0. The van der Waals surface area contributed by atoms with Gasteiger partial charge in [0.05, 0.1) is 0 Å². The molecule has 4 N–H and O–H groups in total. The van der Waals surface area contributed by atoms with Crippen LogP contribution in [0.5, 0.6) is 0 Å². The summed E-state index contributed by atoms with van der Waals surface area (Å²) in [5.74, 6) is 0. The quantitative estimate of drug-likeness (QED) is 0.187. The van der Waals surface area contributed by atoms with E-state index >= 15 is 0 Å². The summed E-state index contributed by atoms with van der Waals surface area (Å²) in [4.78, 5) is 29.3. The van der Waals surface area contributed by atoms with Crippen molar-refractivity contribution in [2.45, 2.75) is 0 Å². The van der Waals surface area contributed by atoms with E-state index in [2.05, 4.69) is 0 Å². The van der Waals surface area contributed by atoms with Gasteiger partial charge in [-0.3, -0.25) is 0 Å². The van der Waals surface area contributed by atoms with Gasteiger partial charge in [0.25, 0.3) is 0 Å². The van der Waals surface area contributed by atoms with E-state index in [1.807, 2.05) is 0 Å². The van der Waals surface area contributed by atoms with Crippen LogP contribution < -0.4 is 0 Å². The first kappa shape index (κ1) is 36.3. The third-order valence-electron chi connectivity index (χ3n) is 0. The molecule has 0 unspecified atom stereocenters. The molecule has 0 aliphatic rings. The van der Waals surface area contributed by atoms with Crippen LogP contribution in [0.3, 0.4) is 0 Å². The molecule has 0 fully saturated rings. The second-order valence-corrected chi connectivity index (χ2v) is 1.80. The summed E-state index contributed by atoms with van der Waals surface area (Å²) >= 11 is 0. The van der Waals surface area contributed by atoms with Crippen LogP contribution in [-0.2, 0) is 19.5 Å². The van der Waals surface area contributed by atoms with Crippen molar-refractivity contribution in [3.05, 3.63) is 0 Å². The summed E-state index contributed by atoms with van der Waals surface area (Å²) in [5.41, 5.74) is 0. The van der Waals surface area contributed by atoms with E-state index in [9.17, 15) is 0 Å². The normalized spacial score (nSPS) is 6.00. The molecular formula is H11BaNaO4Pb2SiZn. The minimum atomic E-state index is -4.61. The SMILES string of the molecule is O[Si](O)(O)O.[BaH2].[NaH].[PbH2].[PbH2].[Zn]. The van der Waals surface area contributed by atoms with Crippen molar-refractivity contribution in [1.29, 1.82) is 0 Å². The third kappa shape index (κ3) is 73.8. The van der Waals surface area contributed by atoms with Gasteiger partial charge >= 0.3 is 142 Å². The first-order chi connectivity index (χ1) is 2.00. The molecule has 0 bridgehead atoms. The largest absolute Gasteiger partial charge is 0 e. The predicted octanol–water partition coefficient (Wildman–Crippen LogP) is -6.01. The number of hydrogen-bond acceptors (Lipinski definition) is 4. The Morgan fingerprint density at radius 1 is 0.800 bits per heavy atom. The van der Waals surface area contributed by atoms with E-state index in [-0.39, 0.29) is 153 Å². The summed E-state index contributed by atoms with van der Waals surface area (Å²) in [5, 5.41) is 0. The Balaban J connectivity index is -0.00000000800. The van der Waals surface area contributed by atoms with E-state index in [0.717, 1.165) is 0 Å². The van der Waals surface area contributed by atoms with Crippen LogP contribution >= 0.6 is 0 Å². The van der Waals surface area contributed by atoms with Gasteiger partial charge in [-0.2, -0.15) is 0 Å². The Kier molecular flexibility index (Phi) is 71.2. The molecule has 0 saturated carbocycles. The summed E-state index contributed by atoms with van der Waals surface area (Å²) in [6.07, 6.45) is 0. The molecule has 0 aromatic heterocycles. The molecule has 0 aliphatic heterocycles. The van der Waals surface area contributed by atoms with E-state index in [1.165, 1.54) is 0 Å². The van der Waals surface area contributed by atoms with Gasteiger partial charge in [-0.15, -0.1) is 0 Å². The second-order valence-electron chi connectivity index (χ2n) is 0.600. The number of rotatable bonds is 0. The van der Waals surface area contributed by atoms with Crippen LogP contribution in [0.25, 0.3) is 0 Å². The fourth-order valence-electron chi connectivity index (χ4n) is 0. The third-order valence-corrected chi connectivity index (χ3v) is 0. The van der Waals surface area contributed by atoms with Crippen molar-refractivity contribution >= 4 is 142 Å². The zero-order valence-corrected chi connectivity index (χ0v) is 19.4. The van der Waals surface area contributed by atoms with Crippen LogP contribution in [0.2, 0.25) is 0 Å². The summed E-state index contributed by atoms with van der Waals surface area (Å²) < 4.78 is 0. The van der Waals surface area contributed by atoms with E-state index in [1.54, 1.807) is 0 Å². The van der Waals surface area contributed by atoms with Crippen molar-refractivity contribution in [2.75, 3.05) is 0 Å². The smallest absolute Gasteiger partial charge is 0 e. The van der Waals surface area contributed by atoms with Crippen LogP contribution in [0.1, 0.15) is 0 Å². The topological polar surface area (TPSA) is 80.9 Å². The predicted molar refractivity (Wildman–Crippen MR) is 47.4 cm³/mol. The molecule has 0 aromatic rings. The van der Waals surface area contributed by atoms with Gasteiger partial charge in [-0.05, 0) is 0 Å². The Morgan fingerprint density at radius 2 is 0.800 bits per heavy atom. The summed E-state index contributed by atoms with van der Waals surface area (Å²) in [6, 6.07) is 0. The van der Waals surface area contributed by atoms with Crippen molar-refractivity contribution in [2.24, 2.45) is 0 Å². The molecule has 4 radical (unpaired) electrons. The molecule has 0 saturated heterocycles. The van der Waals surface area contributed by atoms with Crippen molar-refractivity contribution in [3.63, 3.8) is 0 Å². The van der Waals surface area contributed by atoms with Gasteiger partial charge in [0.1, 0.15) is 0 Å². The van der Waals surface area contributed by atoms with Crippen LogP contribution in [-0.4, -0.2) is 161 Å². The zero-order chi connectivity index (χ0) is 4.50. The molecule has 0 rings (SSSR count). The average molecular weight is 743 g/mol. The number of hydrogen-bond donors (Lipinski definition) is 4. The standard InChI is InChI=1S/Ba.Na.H4O4Si.2Pb.Zn.7H/c;;1-5(2,3)4;;;;;;;;;;/h;;1-4H;;;;;;;;;;. The van der Waals surface area contributed by atoms with Gasteiger partial charge < -0.3 is 19.2 Å². The van der Waals surface area contributed by atoms with Gasteiger partial charge in [0.2, 0.25) is 0 Å². The van der Waals surface area contributed by atoms with E-state index in [4.69, 9.17) is 19.2 Å². The molecule has 4 nitrogen and oxygen atoms in total. The van der Waals surface area contributed by atoms with Crippen molar-refractivity contribution in [1.82, 2.24) is 0 Å². The van der Waals surface area contributed by atoms with Gasteiger partial charge in [0, 0.05) is 19.5 Å². The fraction of sp³-hybridized carbons (Fsp3) is 0. The second kappa shape index (κ2) is 19.6. The Morgan fingerprint density at radius 3 is 0.800 bits per heavy atom. The maximum Gasteiger partial charge on any atom is 0 e. The van der Waals surface area contributed by atoms with Crippen molar-refractivity contribution < 1.29 is 38.7 Å². The molecule has 0 aliphatic carbocycles. The van der Waals surface area contributed by atoms with Gasteiger partial charge in [-0.25, -0.2) is 0 Å². The van der Waals surface area contributed by atoms with Gasteiger partial charge in [-0.1, -0.05) is 0 Å². The Hall–Kier alpha value is 5.10. The molecule has 52 valence electrons. The van der Waals surface area contributed by atoms with E-state index < -0.39 is 9.05 Å². The minimum Gasteiger partial charge on any atom is 0 e. The Labute approximate surface area is 176 Å². The average Bonchev–Trinajstić information content (AvgIpc) is 0.722. The first-order valence-corrected chi connectivity index (χ1v) is 2.68. The molecule has 10 heavy (non-hydrogen) atoms.